The molecular weight excluding hydrogens is 313 g/mol. The quantitative estimate of drug-likeness (QED) is 0.258. The molecule has 0 radical (unpaired) electrons. The Morgan fingerprint density at radius 1 is 1.60 bits per heavy atom. The molecule has 0 aromatic rings. The summed E-state index contributed by atoms with van der Waals surface area (Å²) in [5, 5.41) is 10.6. The van der Waals surface area contributed by atoms with Gasteiger partial charge in [-0.25, -0.2) is 0 Å². The number of hydrogen-bond acceptors (Lipinski definition) is 4. The summed E-state index contributed by atoms with van der Waals surface area (Å²) in [7, 11) is 0. The summed E-state index contributed by atoms with van der Waals surface area (Å²) in [6, 6.07) is 0. The fourth-order valence-corrected chi connectivity index (χ4v) is 3.75. The number of hydrogen-bond donors (Lipinski definition) is 0. The van der Waals surface area contributed by atoms with Gasteiger partial charge in [0.05, 0.1) is 6.42 Å². The third kappa shape index (κ3) is 2.09. The Bertz CT molecular complexity index is 296. The molecule has 15 heavy (non-hydrogen) atoms. The molecule has 84 valence electrons. The molecule has 0 aromatic carbocycles. The summed E-state index contributed by atoms with van der Waals surface area (Å²) in [6.07, 6.45) is 1.12. The van der Waals surface area contributed by atoms with Crippen molar-refractivity contribution < 1.29 is 14.5 Å². The van der Waals surface area contributed by atoms with Crippen molar-refractivity contribution in [1.29, 1.82) is 0 Å². The van der Waals surface area contributed by atoms with E-state index in [1.54, 1.807) is 0 Å². The predicted octanol–water partition coefficient (Wildman–Crippen LogP) is 1.27. The van der Waals surface area contributed by atoms with Crippen molar-refractivity contribution in [1.82, 2.24) is 0 Å². The molecule has 0 spiro atoms. The minimum atomic E-state index is -0.269. The van der Waals surface area contributed by atoms with Crippen molar-refractivity contribution in [3.63, 3.8) is 0 Å². The molecule has 6 heteroatoms. The number of nitro groups is 1. The lowest BCUT2D eigenvalue weighted by Crippen LogP contribution is -2.25. The van der Waals surface area contributed by atoms with Crippen molar-refractivity contribution >= 4 is 28.6 Å². The highest BCUT2D eigenvalue weighted by molar-refractivity contribution is 14.1. The van der Waals surface area contributed by atoms with Crippen LogP contribution in [0.15, 0.2) is 0 Å². The maximum Gasteiger partial charge on any atom is 0.306 e. The SMILES string of the molecule is O=C1C[C@@H]2[C@H](C[N+](=O)[O-])[C@H](CI)C[C@@H]2O1. The largest absolute Gasteiger partial charge is 0.462 e. The summed E-state index contributed by atoms with van der Waals surface area (Å²) >= 11 is 2.25. The van der Waals surface area contributed by atoms with Crippen molar-refractivity contribution in [3.05, 3.63) is 10.1 Å². The Morgan fingerprint density at radius 2 is 2.33 bits per heavy atom. The van der Waals surface area contributed by atoms with Crippen molar-refractivity contribution in [2.24, 2.45) is 17.8 Å². The predicted molar refractivity (Wildman–Crippen MR) is 60.3 cm³/mol. The molecule has 1 saturated carbocycles. The third-order valence-corrected chi connectivity index (χ3v) is 4.54. The molecule has 0 bridgehead atoms. The van der Waals surface area contributed by atoms with Crippen molar-refractivity contribution in [2.75, 3.05) is 11.0 Å². The second-order valence-corrected chi connectivity index (χ2v) is 5.11. The van der Waals surface area contributed by atoms with Gasteiger partial charge in [-0.15, -0.1) is 0 Å². The smallest absolute Gasteiger partial charge is 0.306 e. The highest BCUT2D eigenvalue weighted by Gasteiger charge is 2.51. The maximum atomic E-state index is 11.1. The van der Waals surface area contributed by atoms with E-state index >= 15 is 0 Å². The number of fused-ring (bicyclic) bond motifs is 1. The zero-order valence-corrected chi connectivity index (χ0v) is 10.3. The third-order valence-electron chi connectivity index (χ3n) is 3.41. The number of carbonyl (C=O) groups is 1. The van der Waals surface area contributed by atoms with Crippen molar-refractivity contribution in [3.8, 4) is 0 Å². The van der Waals surface area contributed by atoms with Crippen LogP contribution in [0, 0.1) is 27.9 Å². The van der Waals surface area contributed by atoms with Gasteiger partial charge in [0.1, 0.15) is 6.10 Å². The molecule has 4 atom stereocenters. The lowest BCUT2D eigenvalue weighted by Gasteiger charge is -2.16. The average Bonchev–Trinajstić information content (AvgIpc) is 2.63. The van der Waals surface area contributed by atoms with E-state index in [4.69, 9.17) is 4.74 Å². The van der Waals surface area contributed by atoms with E-state index in [2.05, 4.69) is 22.6 Å². The van der Waals surface area contributed by atoms with E-state index < -0.39 is 0 Å². The standard InChI is InChI=1S/C9H12INO4/c10-3-5-1-8-6(2-9(12)15-8)7(5)4-11(13)14/h5-8H,1-4H2/t5-,6+,7+,8-/m0/s1. The number of ether oxygens (including phenoxy) is 1. The second-order valence-electron chi connectivity index (χ2n) is 4.23. The lowest BCUT2D eigenvalue weighted by atomic mass is 9.89. The van der Waals surface area contributed by atoms with E-state index in [9.17, 15) is 14.9 Å². The number of esters is 1. The molecule has 2 fully saturated rings. The molecule has 1 heterocycles. The number of rotatable bonds is 3. The van der Waals surface area contributed by atoms with Crippen LogP contribution in [0.3, 0.4) is 0 Å². The van der Waals surface area contributed by atoms with Crippen LogP contribution in [-0.2, 0) is 9.53 Å². The van der Waals surface area contributed by atoms with Gasteiger partial charge in [0, 0.05) is 21.2 Å². The molecule has 1 saturated heterocycles. The maximum absolute atomic E-state index is 11.1. The molecule has 5 nitrogen and oxygen atoms in total. The highest BCUT2D eigenvalue weighted by Crippen LogP contribution is 2.45. The van der Waals surface area contributed by atoms with Crippen LogP contribution in [0.4, 0.5) is 0 Å². The number of halogens is 1. The van der Waals surface area contributed by atoms with Gasteiger partial charge in [-0.05, 0) is 12.3 Å². The number of nitrogens with zero attached hydrogens (tertiary/aromatic N) is 1. The Kier molecular flexibility index (Phi) is 3.13. The molecule has 2 aliphatic rings. The van der Waals surface area contributed by atoms with Gasteiger partial charge in [-0.2, -0.15) is 0 Å². The topological polar surface area (TPSA) is 69.4 Å². The number of carbonyl (C=O) groups excluding carboxylic acids is 1. The normalized spacial score (nSPS) is 38.9. The average molecular weight is 325 g/mol. The summed E-state index contributed by atoms with van der Waals surface area (Å²) in [5.74, 6) is 0.250. The van der Waals surface area contributed by atoms with Gasteiger partial charge >= 0.3 is 5.97 Å². The molecule has 0 unspecified atom stereocenters. The fourth-order valence-electron chi connectivity index (χ4n) is 2.74. The Labute approximate surface area is 101 Å². The van der Waals surface area contributed by atoms with Crippen LogP contribution >= 0.6 is 22.6 Å². The monoisotopic (exact) mass is 325 g/mol. The van der Waals surface area contributed by atoms with Gasteiger partial charge in [0.2, 0.25) is 6.54 Å². The Balaban J connectivity index is 2.10. The zero-order valence-electron chi connectivity index (χ0n) is 8.10. The fraction of sp³-hybridized carbons (Fsp3) is 0.889. The zero-order chi connectivity index (χ0) is 11.0. The van der Waals surface area contributed by atoms with Crippen LogP contribution < -0.4 is 0 Å². The van der Waals surface area contributed by atoms with Crippen LogP contribution in [0.1, 0.15) is 12.8 Å². The molecule has 1 aliphatic carbocycles. The van der Waals surface area contributed by atoms with E-state index in [-0.39, 0.29) is 35.4 Å². The first-order chi connectivity index (χ1) is 7.11. The molecular formula is C9H12INO4. The van der Waals surface area contributed by atoms with Gasteiger partial charge in [-0.1, -0.05) is 22.6 Å². The minimum absolute atomic E-state index is 0.0216. The van der Waals surface area contributed by atoms with E-state index in [0.29, 0.717) is 12.3 Å². The van der Waals surface area contributed by atoms with E-state index in [1.807, 2.05) is 0 Å². The Morgan fingerprint density at radius 3 is 2.93 bits per heavy atom. The second kappa shape index (κ2) is 4.23. The number of alkyl halides is 1. The molecule has 0 N–H and O–H groups in total. The van der Waals surface area contributed by atoms with Crippen LogP contribution in [0.5, 0.6) is 0 Å². The first kappa shape index (κ1) is 11.1. The molecule has 0 amide bonds. The van der Waals surface area contributed by atoms with Crippen LogP contribution in [0.25, 0.3) is 0 Å². The van der Waals surface area contributed by atoms with E-state index in [1.165, 1.54) is 0 Å². The molecule has 2 rings (SSSR count). The molecule has 1 aliphatic heterocycles. The first-order valence-corrected chi connectivity index (χ1v) is 6.51. The summed E-state index contributed by atoms with van der Waals surface area (Å²) in [4.78, 5) is 21.4. The minimum Gasteiger partial charge on any atom is -0.462 e. The summed E-state index contributed by atoms with van der Waals surface area (Å²) in [6.45, 7) is -0.0223. The molecule has 0 aromatic heterocycles. The summed E-state index contributed by atoms with van der Waals surface area (Å²) < 4.78 is 6.07. The van der Waals surface area contributed by atoms with Gasteiger partial charge < -0.3 is 4.74 Å². The van der Waals surface area contributed by atoms with Crippen LogP contribution in [0.2, 0.25) is 0 Å². The van der Waals surface area contributed by atoms with Gasteiger partial charge in [0.15, 0.2) is 0 Å². The van der Waals surface area contributed by atoms with Crippen molar-refractivity contribution in [2.45, 2.75) is 18.9 Å². The lowest BCUT2D eigenvalue weighted by molar-refractivity contribution is -0.490. The highest BCUT2D eigenvalue weighted by atomic mass is 127. The van der Waals surface area contributed by atoms with Gasteiger partial charge in [0.25, 0.3) is 0 Å². The van der Waals surface area contributed by atoms with E-state index in [0.717, 1.165) is 10.8 Å². The van der Waals surface area contributed by atoms with Crippen LogP contribution in [-0.4, -0.2) is 28.0 Å². The summed E-state index contributed by atoms with van der Waals surface area (Å²) in [5.41, 5.74) is 0. The van der Waals surface area contributed by atoms with Gasteiger partial charge in [-0.3, -0.25) is 14.9 Å². The first-order valence-electron chi connectivity index (χ1n) is 4.99. The Hall–Kier alpha value is -0.400.